The molecule has 3 nitrogen and oxygen atoms in total. The van der Waals surface area contributed by atoms with E-state index in [2.05, 4.69) is 62.1 Å². The highest BCUT2D eigenvalue weighted by atomic mass is 16.5. The third-order valence-electron chi connectivity index (χ3n) is 6.22. The lowest BCUT2D eigenvalue weighted by molar-refractivity contribution is -0.138. The fraction of sp³-hybridized carbons (Fsp3) is 0.321. The Morgan fingerprint density at radius 1 is 1.06 bits per heavy atom. The highest BCUT2D eigenvalue weighted by Crippen LogP contribution is 2.50. The van der Waals surface area contributed by atoms with E-state index in [1.165, 1.54) is 11.3 Å². The number of benzene rings is 2. The van der Waals surface area contributed by atoms with Gasteiger partial charge in [0.1, 0.15) is 0 Å². The lowest BCUT2D eigenvalue weighted by Crippen LogP contribution is -2.35. The van der Waals surface area contributed by atoms with Crippen LogP contribution in [0.5, 0.6) is 0 Å². The number of carbonyl (C=O) groups excluding carboxylic acids is 1. The molecule has 0 fully saturated rings. The summed E-state index contributed by atoms with van der Waals surface area (Å²) in [6, 6.07) is 18.9. The van der Waals surface area contributed by atoms with Crippen LogP contribution in [-0.4, -0.2) is 12.6 Å². The van der Waals surface area contributed by atoms with E-state index < -0.39 is 0 Å². The van der Waals surface area contributed by atoms with Gasteiger partial charge in [-0.2, -0.15) is 0 Å². The van der Waals surface area contributed by atoms with Crippen LogP contribution in [0.1, 0.15) is 52.0 Å². The van der Waals surface area contributed by atoms with Gasteiger partial charge in [0.05, 0.1) is 12.2 Å². The molecule has 0 saturated carbocycles. The summed E-state index contributed by atoms with van der Waals surface area (Å²) in [5.74, 6) is -0.419. The number of hydrogen-bond acceptors (Lipinski definition) is 3. The molecule has 0 spiro atoms. The topological polar surface area (TPSA) is 38.3 Å². The van der Waals surface area contributed by atoms with Gasteiger partial charge in [0.15, 0.2) is 0 Å². The second-order valence-electron chi connectivity index (χ2n) is 9.32. The standard InChI is InChI=1S/C28H31NO2/c1-6-31-27(30)25-19(3)29-23-17-28(4,5)16-18(2)24(23)26(25)22-14-12-21(13-15-22)20-10-8-7-9-11-20/h7-15,26,29H,2,6,16-17H2,1,3-5H3. The van der Waals surface area contributed by atoms with Crippen molar-refractivity contribution in [1.29, 1.82) is 0 Å². The van der Waals surface area contributed by atoms with Crippen molar-refractivity contribution in [2.75, 3.05) is 6.61 Å². The summed E-state index contributed by atoms with van der Waals surface area (Å²) in [7, 11) is 0. The maximum absolute atomic E-state index is 13.0. The average Bonchev–Trinajstić information content (AvgIpc) is 2.72. The Bertz CT molecular complexity index is 1070. The van der Waals surface area contributed by atoms with Crippen molar-refractivity contribution in [3.8, 4) is 11.1 Å². The maximum atomic E-state index is 13.0. The number of nitrogens with one attached hydrogen (secondary N) is 1. The molecule has 2 aromatic rings. The summed E-state index contributed by atoms with van der Waals surface area (Å²) in [4.78, 5) is 13.0. The van der Waals surface area contributed by atoms with Crippen LogP contribution in [0.3, 0.4) is 0 Å². The Labute approximate surface area is 185 Å². The molecule has 0 bridgehead atoms. The summed E-state index contributed by atoms with van der Waals surface area (Å²) >= 11 is 0. The molecule has 2 aliphatic rings. The Morgan fingerprint density at radius 2 is 1.71 bits per heavy atom. The molecule has 1 heterocycles. The van der Waals surface area contributed by atoms with Crippen LogP contribution in [0.15, 0.2) is 89.3 Å². The second-order valence-corrected chi connectivity index (χ2v) is 9.32. The third kappa shape index (κ3) is 4.10. The minimum Gasteiger partial charge on any atom is -0.463 e. The number of rotatable bonds is 4. The molecular weight excluding hydrogens is 382 g/mol. The summed E-state index contributed by atoms with van der Waals surface area (Å²) in [6.07, 6.45) is 1.86. The number of hydrogen-bond donors (Lipinski definition) is 1. The normalized spacial score (nSPS) is 20.3. The van der Waals surface area contributed by atoms with Gasteiger partial charge < -0.3 is 10.1 Å². The summed E-state index contributed by atoms with van der Waals surface area (Å²) in [6.45, 7) is 13.2. The highest BCUT2D eigenvalue weighted by Gasteiger charge is 2.40. The van der Waals surface area contributed by atoms with Gasteiger partial charge in [0.25, 0.3) is 0 Å². The van der Waals surface area contributed by atoms with Crippen molar-refractivity contribution in [1.82, 2.24) is 5.32 Å². The average molecular weight is 414 g/mol. The van der Waals surface area contributed by atoms with Crippen molar-refractivity contribution in [2.24, 2.45) is 5.41 Å². The molecule has 0 aromatic heterocycles. The van der Waals surface area contributed by atoms with Gasteiger partial charge >= 0.3 is 5.97 Å². The number of dihydropyridines is 1. The minimum absolute atomic E-state index is 0.145. The molecule has 1 N–H and O–H groups in total. The molecule has 1 unspecified atom stereocenters. The first-order valence-corrected chi connectivity index (χ1v) is 11.0. The number of ether oxygens (including phenoxy) is 1. The molecule has 31 heavy (non-hydrogen) atoms. The Balaban J connectivity index is 1.81. The molecule has 0 amide bonds. The van der Waals surface area contributed by atoms with E-state index in [0.717, 1.165) is 40.8 Å². The van der Waals surface area contributed by atoms with E-state index in [9.17, 15) is 4.79 Å². The predicted octanol–water partition coefficient (Wildman–Crippen LogP) is 6.51. The molecule has 0 radical (unpaired) electrons. The molecule has 160 valence electrons. The minimum atomic E-state index is -0.256. The molecule has 1 aliphatic carbocycles. The third-order valence-corrected chi connectivity index (χ3v) is 6.22. The molecule has 1 atom stereocenters. The predicted molar refractivity (Wildman–Crippen MR) is 126 cm³/mol. The van der Waals surface area contributed by atoms with Crippen LogP contribution in [0, 0.1) is 5.41 Å². The zero-order chi connectivity index (χ0) is 22.2. The maximum Gasteiger partial charge on any atom is 0.336 e. The Hall–Kier alpha value is -3.07. The monoisotopic (exact) mass is 413 g/mol. The molecule has 3 heteroatoms. The van der Waals surface area contributed by atoms with E-state index in [4.69, 9.17) is 4.74 Å². The zero-order valence-corrected chi connectivity index (χ0v) is 18.9. The van der Waals surface area contributed by atoms with Gasteiger partial charge in [-0.05, 0) is 59.9 Å². The smallest absolute Gasteiger partial charge is 0.336 e. The first-order valence-electron chi connectivity index (χ1n) is 11.0. The van der Waals surface area contributed by atoms with Gasteiger partial charge in [-0.3, -0.25) is 0 Å². The fourth-order valence-electron chi connectivity index (χ4n) is 4.98. The van der Waals surface area contributed by atoms with E-state index in [1.54, 1.807) is 0 Å². The number of carbonyl (C=O) groups is 1. The van der Waals surface area contributed by atoms with Gasteiger partial charge in [0, 0.05) is 17.3 Å². The van der Waals surface area contributed by atoms with Crippen LogP contribution < -0.4 is 5.32 Å². The molecule has 1 aliphatic heterocycles. The van der Waals surface area contributed by atoms with E-state index in [1.807, 2.05) is 32.0 Å². The van der Waals surface area contributed by atoms with Crippen molar-refractivity contribution < 1.29 is 9.53 Å². The molecule has 4 rings (SSSR count). The van der Waals surface area contributed by atoms with E-state index in [-0.39, 0.29) is 17.3 Å². The van der Waals surface area contributed by atoms with Crippen LogP contribution in [0.25, 0.3) is 11.1 Å². The number of esters is 1. The van der Waals surface area contributed by atoms with E-state index in [0.29, 0.717) is 12.2 Å². The van der Waals surface area contributed by atoms with Crippen molar-refractivity contribution in [3.05, 3.63) is 94.9 Å². The van der Waals surface area contributed by atoms with Crippen LogP contribution in [-0.2, 0) is 9.53 Å². The molecular formula is C28H31NO2. The van der Waals surface area contributed by atoms with Gasteiger partial charge in [-0.1, -0.05) is 75.0 Å². The van der Waals surface area contributed by atoms with Crippen LogP contribution >= 0.6 is 0 Å². The summed E-state index contributed by atoms with van der Waals surface area (Å²) in [5.41, 5.74) is 8.59. The van der Waals surface area contributed by atoms with Gasteiger partial charge in [-0.25, -0.2) is 4.79 Å². The lowest BCUT2D eigenvalue weighted by atomic mass is 9.67. The number of allylic oxidation sites excluding steroid dienone is 4. The largest absolute Gasteiger partial charge is 0.463 e. The Morgan fingerprint density at radius 3 is 2.35 bits per heavy atom. The lowest BCUT2D eigenvalue weighted by Gasteiger charge is -2.41. The summed E-state index contributed by atoms with van der Waals surface area (Å²) < 4.78 is 5.46. The van der Waals surface area contributed by atoms with Crippen molar-refractivity contribution in [3.63, 3.8) is 0 Å². The van der Waals surface area contributed by atoms with Crippen LogP contribution in [0.2, 0.25) is 0 Å². The van der Waals surface area contributed by atoms with Crippen molar-refractivity contribution in [2.45, 2.75) is 46.5 Å². The fourth-order valence-corrected chi connectivity index (χ4v) is 4.98. The summed E-state index contributed by atoms with van der Waals surface area (Å²) in [5, 5.41) is 3.53. The molecule has 0 saturated heterocycles. The van der Waals surface area contributed by atoms with E-state index >= 15 is 0 Å². The first kappa shape index (κ1) is 21.2. The van der Waals surface area contributed by atoms with Crippen LogP contribution in [0.4, 0.5) is 0 Å². The van der Waals surface area contributed by atoms with Crippen molar-refractivity contribution >= 4 is 5.97 Å². The second kappa shape index (κ2) is 8.22. The molecule has 2 aromatic carbocycles. The Kier molecular flexibility index (Phi) is 5.62. The SMILES string of the molecule is C=C1CC(C)(C)CC2=C1C(c1ccc(-c3ccccc3)cc1)C(C(=O)OCC)=C(C)N2. The van der Waals surface area contributed by atoms with Gasteiger partial charge in [0.2, 0.25) is 0 Å². The quantitative estimate of drug-likeness (QED) is 0.581. The van der Waals surface area contributed by atoms with Gasteiger partial charge in [-0.15, -0.1) is 0 Å². The highest BCUT2D eigenvalue weighted by molar-refractivity contribution is 5.93. The zero-order valence-electron chi connectivity index (χ0n) is 18.9. The first-order chi connectivity index (χ1) is 14.8.